The summed E-state index contributed by atoms with van der Waals surface area (Å²) in [4.78, 5) is 14.3. The SMILES string of the molecule is CCC(C)CN(C)C(=O)C1CC12CCNCC2. The van der Waals surface area contributed by atoms with Gasteiger partial charge in [-0.15, -0.1) is 0 Å². The quantitative estimate of drug-likeness (QED) is 0.811. The van der Waals surface area contributed by atoms with Crippen molar-refractivity contribution in [2.24, 2.45) is 17.3 Å². The lowest BCUT2D eigenvalue weighted by atomic mass is 9.91. The summed E-state index contributed by atoms with van der Waals surface area (Å²) in [6, 6.07) is 0. The molecule has 0 bridgehead atoms. The maximum Gasteiger partial charge on any atom is 0.226 e. The molecule has 2 aliphatic rings. The number of rotatable bonds is 4. The van der Waals surface area contributed by atoms with Crippen molar-refractivity contribution in [1.29, 1.82) is 0 Å². The molecule has 2 rings (SSSR count). The van der Waals surface area contributed by atoms with Gasteiger partial charge in [-0.2, -0.15) is 0 Å². The molecular weight excluding hydrogens is 212 g/mol. The van der Waals surface area contributed by atoms with Crippen LogP contribution in [-0.2, 0) is 4.79 Å². The van der Waals surface area contributed by atoms with Gasteiger partial charge in [-0.1, -0.05) is 20.3 Å². The van der Waals surface area contributed by atoms with Crippen molar-refractivity contribution >= 4 is 5.91 Å². The molecule has 0 aromatic rings. The van der Waals surface area contributed by atoms with Crippen LogP contribution >= 0.6 is 0 Å². The summed E-state index contributed by atoms with van der Waals surface area (Å²) in [5, 5.41) is 3.39. The van der Waals surface area contributed by atoms with Crippen molar-refractivity contribution < 1.29 is 4.79 Å². The molecule has 1 aliphatic heterocycles. The van der Waals surface area contributed by atoms with Gasteiger partial charge in [0.25, 0.3) is 0 Å². The van der Waals surface area contributed by atoms with Gasteiger partial charge in [0.15, 0.2) is 0 Å². The maximum atomic E-state index is 12.3. The van der Waals surface area contributed by atoms with Crippen LogP contribution in [0.1, 0.15) is 39.5 Å². The maximum absolute atomic E-state index is 12.3. The van der Waals surface area contributed by atoms with E-state index >= 15 is 0 Å². The minimum absolute atomic E-state index is 0.332. The highest BCUT2D eigenvalue weighted by Crippen LogP contribution is 2.59. The van der Waals surface area contributed by atoms with Crippen LogP contribution in [0.5, 0.6) is 0 Å². The van der Waals surface area contributed by atoms with E-state index in [0.717, 1.165) is 32.5 Å². The second kappa shape index (κ2) is 4.97. The molecule has 3 nitrogen and oxygen atoms in total. The fourth-order valence-electron chi connectivity index (χ4n) is 3.13. The zero-order valence-electron chi connectivity index (χ0n) is 11.5. The highest BCUT2D eigenvalue weighted by atomic mass is 16.2. The van der Waals surface area contributed by atoms with Crippen LogP contribution in [0.25, 0.3) is 0 Å². The minimum Gasteiger partial charge on any atom is -0.345 e. The van der Waals surface area contributed by atoms with Gasteiger partial charge in [-0.3, -0.25) is 4.79 Å². The molecule has 2 unspecified atom stereocenters. The number of carbonyl (C=O) groups is 1. The Morgan fingerprint density at radius 1 is 1.47 bits per heavy atom. The Hall–Kier alpha value is -0.570. The van der Waals surface area contributed by atoms with E-state index in [0.29, 0.717) is 23.2 Å². The second-order valence-corrected chi connectivity index (χ2v) is 6.10. The molecule has 1 amide bonds. The van der Waals surface area contributed by atoms with Crippen LogP contribution in [0.2, 0.25) is 0 Å². The van der Waals surface area contributed by atoms with Crippen LogP contribution in [0, 0.1) is 17.3 Å². The number of piperidine rings is 1. The lowest BCUT2D eigenvalue weighted by Crippen LogP contribution is -2.36. The zero-order valence-corrected chi connectivity index (χ0v) is 11.5. The van der Waals surface area contributed by atoms with Gasteiger partial charge in [0.2, 0.25) is 5.91 Å². The van der Waals surface area contributed by atoms with E-state index in [2.05, 4.69) is 19.2 Å². The average molecular weight is 238 g/mol. The van der Waals surface area contributed by atoms with Crippen molar-refractivity contribution in [3.63, 3.8) is 0 Å². The van der Waals surface area contributed by atoms with E-state index in [1.807, 2.05) is 11.9 Å². The van der Waals surface area contributed by atoms with Crippen LogP contribution in [0.3, 0.4) is 0 Å². The molecule has 1 aliphatic carbocycles. The van der Waals surface area contributed by atoms with E-state index in [9.17, 15) is 4.79 Å². The summed E-state index contributed by atoms with van der Waals surface area (Å²) in [7, 11) is 1.97. The molecular formula is C14H26N2O. The van der Waals surface area contributed by atoms with E-state index in [-0.39, 0.29) is 0 Å². The number of amides is 1. The van der Waals surface area contributed by atoms with Crippen LogP contribution in [-0.4, -0.2) is 37.5 Å². The molecule has 1 N–H and O–H groups in total. The summed E-state index contributed by atoms with van der Waals surface area (Å²) >= 11 is 0. The highest BCUT2D eigenvalue weighted by Gasteiger charge is 2.58. The number of nitrogens with one attached hydrogen (secondary N) is 1. The Bertz CT molecular complexity index is 284. The van der Waals surface area contributed by atoms with Gasteiger partial charge in [-0.25, -0.2) is 0 Å². The molecule has 1 saturated carbocycles. The van der Waals surface area contributed by atoms with Crippen molar-refractivity contribution in [1.82, 2.24) is 10.2 Å². The van der Waals surface area contributed by atoms with Gasteiger partial charge in [-0.05, 0) is 43.7 Å². The Morgan fingerprint density at radius 3 is 2.71 bits per heavy atom. The molecule has 98 valence electrons. The summed E-state index contributed by atoms with van der Waals surface area (Å²) in [5.41, 5.74) is 0.381. The van der Waals surface area contributed by atoms with Crippen LogP contribution in [0.15, 0.2) is 0 Å². The van der Waals surface area contributed by atoms with Crippen molar-refractivity contribution in [3.8, 4) is 0 Å². The third-order valence-electron chi connectivity index (χ3n) is 4.75. The molecule has 2 atom stereocenters. The fourth-order valence-corrected chi connectivity index (χ4v) is 3.13. The van der Waals surface area contributed by atoms with E-state index in [4.69, 9.17) is 0 Å². The Balaban J connectivity index is 1.85. The first-order valence-corrected chi connectivity index (χ1v) is 7.05. The van der Waals surface area contributed by atoms with E-state index in [1.165, 1.54) is 12.8 Å². The lowest BCUT2D eigenvalue weighted by Gasteiger charge is -2.26. The lowest BCUT2D eigenvalue weighted by molar-refractivity contribution is -0.132. The monoisotopic (exact) mass is 238 g/mol. The summed E-state index contributed by atoms with van der Waals surface area (Å²) < 4.78 is 0. The normalized spacial score (nSPS) is 27.8. The number of hydrogen-bond donors (Lipinski definition) is 1. The van der Waals surface area contributed by atoms with Gasteiger partial charge < -0.3 is 10.2 Å². The minimum atomic E-state index is 0.332. The van der Waals surface area contributed by atoms with Crippen molar-refractivity contribution in [2.45, 2.75) is 39.5 Å². The third-order valence-corrected chi connectivity index (χ3v) is 4.75. The topological polar surface area (TPSA) is 32.3 Å². The van der Waals surface area contributed by atoms with Gasteiger partial charge in [0.1, 0.15) is 0 Å². The standard InChI is InChI=1S/C14H26N2O/c1-4-11(2)10-16(3)13(17)12-9-14(12)5-7-15-8-6-14/h11-12,15H,4-10H2,1-3H3. The first-order valence-electron chi connectivity index (χ1n) is 7.05. The molecule has 0 radical (unpaired) electrons. The predicted molar refractivity (Wildman–Crippen MR) is 69.7 cm³/mol. The Labute approximate surface area is 105 Å². The molecule has 1 saturated heterocycles. The summed E-state index contributed by atoms with van der Waals surface area (Å²) in [6.07, 6.45) is 4.68. The molecule has 1 heterocycles. The number of hydrogen-bond acceptors (Lipinski definition) is 2. The van der Waals surface area contributed by atoms with Crippen molar-refractivity contribution in [3.05, 3.63) is 0 Å². The van der Waals surface area contributed by atoms with Gasteiger partial charge >= 0.3 is 0 Å². The molecule has 17 heavy (non-hydrogen) atoms. The fraction of sp³-hybridized carbons (Fsp3) is 0.929. The highest BCUT2D eigenvalue weighted by molar-refractivity contribution is 5.82. The molecule has 2 fully saturated rings. The molecule has 0 aromatic carbocycles. The van der Waals surface area contributed by atoms with Crippen LogP contribution < -0.4 is 5.32 Å². The average Bonchev–Trinajstić information content (AvgIpc) is 3.02. The first-order chi connectivity index (χ1) is 8.09. The third kappa shape index (κ3) is 2.65. The molecule has 3 heteroatoms. The smallest absolute Gasteiger partial charge is 0.226 e. The number of nitrogens with zero attached hydrogens (tertiary/aromatic N) is 1. The van der Waals surface area contributed by atoms with Crippen molar-refractivity contribution in [2.75, 3.05) is 26.7 Å². The summed E-state index contributed by atoms with van der Waals surface area (Å²) in [5.74, 6) is 1.34. The molecule has 1 spiro atoms. The van der Waals surface area contributed by atoms with E-state index < -0.39 is 0 Å². The predicted octanol–water partition coefficient (Wildman–Crippen LogP) is 1.88. The van der Waals surface area contributed by atoms with Gasteiger partial charge in [0, 0.05) is 19.5 Å². The summed E-state index contributed by atoms with van der Waals surface area (Å²) in [6.45, 7) is 7.52. The second-order valence-electron chi connectivity index (χ2n) is 6.10. The largest absolute Gasteiger partial charge is 0.345 e. The van der Waals surface area contributed by atoms with Crippen LogP contribution in [0.4, 0.5) is 0 Å². The molecule has 0 aromatic heterocycles. The van der Waals surface area contributed by atoms with Gasteiger partial charge in [0.05, 0.1) is 0 Å². The Morgan fingerprint density at radius 2 is 2.12 bits per heavy atom. The first kappa shape index (κ1) is 12.9. The zero-order chi connectivity index (χ0) is 12.5. The van der Waals surface area contributed by atoms with E-state index in [1.54, 1.807) is 0 Å². The number of carbonyl (C=O) groups excluding carboxylic acids is 1. The Kier molecular flexibility index (Phi) is 3.76.